The fraction of sp³-hybridized carbons (Fsp3) is 0.500. The van der Waals surface area contributed by atoms with Gasteiger partial charge in [0.1, 0.15) is 5.75 Å². The maximum Gasteiger partial charge on any atom is 0.257 e. The van der Waals surface area contributed by atoms with Crippen LogP contribution in [0.4, 0.5) is 0 Å². The van der Waals surface area contributed by atoms with Gasteiger partial charge in [0.2, 0.25) is 10.0 Å². The molecule has 0 bridgehead atoms. The maximum absolute atomic E-state index is 11.4. The Morgan fingerprint density at radius 1 is 1.31 bits per heavy atom. The van der Waals surface area contributed by atoms with Crippen LogP contribution in [0.15, 0.2) is 30.3 Å². The zero-order chi connectivity index (χ0) is 19.0. The lowest BCUT2D eigenvalue weighted by Gasteiger charge is -2.29. The molecule has 1 heterocycles. The van der Waals surface area contributed by atoms with Gasteiger partial charge in [-0.15, -0.1) is 0 Å². The summed E-state index contributed by atoms with van der Waals surface area (Å²) < 4.78 is 29.5. The first-order valence-corrected chi connectivity index (χ1v) is 10.6. The lowest BCUT2D eigenvalue weighted by atomic mass is 10.1. The average molecular weight is 381 g/mol. The predicted octanol–water partition coefficient (Wildman–Crippen LogP) is 0.968. The Balaban J connectivity index is 1.69. The van der Waals surface area contributed by atoms with Crippen LogP contribution < -0.4 is 15.2 Å². The summed E-state index contributed by atoms with van der Waals surface area (Å²) in [5, 5.41) is 0. The molecule has 1 aromatic carbocycles. The van der Waals surface area contributed by atoms with Gasteiger partial charge >= 0.3 is 0 Å². The molecular formula is C18H27N3O4S. The molecule has 144 valence electrons. The van der Waals surface area contributed by atoms with Gasteiger partial charge in [0.25, 0.3) is 5.91 Å². The summed E-state index contributed by atoms with van der Waals surface area (Å²) in [5.41, 5.74) is 6.68. The standard InChI is InChI=1S/C18H27N3O4S/c1-26(23,24)20-18(22)8-5-15-3-6-17(7-4-15)25-14-2-11-21-12-9-16(19)10-13-21/h3-8,16H,2,9-14,19H2,1H3,(H,20,22)/b8-5+. The second-order valence-electron chi connectivity index (χ2n) is 6.52. The Morgan fingerprint density at radius 2 is 1.96 bits per heavy atom. The molecule has 26 heavy (non-hydrogen) atoms. The minimum Gasteiger partial charge on any atom is -0.494 e. The molecule has 1 aromatic rings. The number of ether oxygens (including phenoxy) is 1. The zero-order valence-electron chi connectivity index (χ0n) is 15.1. The molecule has 0 spiro atoms. The minimum absolute atomic E-state index is 0.354. The van der Waals surface area contributed by atoms with E-state index in [-0.39, 0.29) is 0 Å². The molecule has 0 radical (unpaired) electrons. The van der Waals surface area contributed by atoms with E-state index >= 15 is 0 Å². The summed E-state index contributed by atoms with van der Waals surface area (Å²) in [7, 11) is -3.54. The van der Waals surface area contributed by atoms with Crippen LogP contribution in [0, 0.1) is 0 Å². The van der Waals surface area contributed by atoms with Crippen molar-refractivity contribution in [3.8, 4) is 5.75 Å². The van der Waals surface area contributed by atoms with E-state index in [1.807, 2.05) is 29.0 Å². The number of sulfonamides is 1. The van der Waals surface area contributed by atoms with Gasteiger partial charge in [0, 0.05) is 18.7 Å². The third kappa shape index (κ3) is 7.99. The maximum atomic E-state index is 11.4. The number of hydrogen-bond acceptors (Lipinski definition) is 6. The molecule has 0 atom stereocenters. The summed E-state index contributed by atoms with van der Waals surface area (Å²) in [6.07, 6.45) is 6.76. The Hall–Kier alpha value is -1.90. The summed E-state index contributed by atoms with van der Waals surface area (Å²) in [6, 6.07) is 7.63. The smallest absolute Gasteiger partial charge is 0.257 e. The fourth-order valence-electron chi connectivity index (χ4n) is 2.72. The van der Waals surface area contributed by atoms with Gasteiger partial charge < -0.3 is 15.4 Å². The molecular weight excluding hydrogens is 354 g/mol. The first-order chi connectivity index (χ1) is 12.3. The number of likely N-dealkylation sites (tertiary alicyclic amines) is 1. The minimum atomic E-state index is -3.54. The summed E-state index contributed by atoms with van der Waals surface area (Å²) in [6.45, 7) is 3.79. The molecule has 1 saturated heterocycles. The number of rotatable bonds is 8. The van der Waals surface area contributed by atoms with Crippen molar-refractivity contribution < 1.29 is 17.9 Å². The number of piperidine rings is 1. The van der Waals surface area contributed by atoms with E-state index < -0.39 is 15.9 Å². The first kappa shape index (κ1) is 20.4. The van der Waals surface area contributed by atoms with Crippen molar-refractivity contribution in [2.75, 3.05) is 32.5 Å². The van der Waals surface area contributed by atoms with Crippen LogP contribution in [0.2, 0.25) is 0 Å². The molecule has 0 aromatic heterocycles. The van der Waals surface area contributed by atoms with Crippen LogP contribution in [0.5, 0.6) is 5.75 Å². The van der Waals surface area contributed by atoms with Crippen molar-refractivity contribution in [3.63, 3.8) is 0 Å². The van der Waals surface area contributed by atoms with Gasteiger partial charge in [0.15, 0.2) is 0 Å². The molecule has 0 saturated carbocycles. The van der Waals surface area contributed by atoms with Crippen molar-refractivity contribution in [1.82, 2.24) is 9.62 Å². The first-order valence-electron chi connectivity index (χ1n) is 8.72. The zero-order valence-corrected chi connectivity index (χ0v) is 15.9. The van der Waals surface area contributed by atoms with Gasteiger partial charge in [-0.1, -0.05) is 12.1 Å². The van der Waals surface area contributed by atoms with Crippen LogP contribution in [-0.2, 0) is 14.8 Å². The van der Waals surface area contributed by atoms with E-state index in [0.29, 0.717) is 12.6 Å². The van der Waals surface area contributed by atoms with Gasteiger partial charge in [0.05, 0.1) is 12.9 Å². The molecule has 3 N–H and O–H groups in total. The van der Waals surface area contributed by atoms with Crippen LogP contribution in [0.3, 0.4) is 0 Å². The summed E-state index contributed by atoms with van der Waals surface area (Å²) >= 11 is 0. The third-order valence-electron chi connectivity index (χ3n) is 4.11. The van der Waals surface area contributed by atoms with E-state index in [4.69, 9.17) is 10.5 Å². The largest absolute Gasteiger partial charge is 0.494 e. The van der Waals surface area contributed by atoms with E-state index in [9.17, 15) is 13.2 Å². The fourth-order valence-corrected chi connectivity index (χ4v) is 3.15. The van der Waals surface area contributed by atoms with Crippen molar-refractivity contribution >= 4 is 22.0 Å². The Morgan fingerprint density at radius 3 is 2.58 bits per heavy atom. The quantitative estimate of drug-likeness (QED) is 0.514. The Kier molecular flexibility index (Phi) is 7.62. The van der Waals surface area contributed by atoms with Crippen molar-refractivity contribution in [3.05, 3.63) is 35.9 Å². The monoisotopic (exact) mass is 381 g/mol. The van der Waals surface area contributed by atoms with Gasteiger partial charge in [-0.3, -0.25) is 4.79 Å². The third-order valence-corrected chi connectivity index (χ3v) is 4.68. The predicted molar refractivity (Wildman–Crippen MR) is 102 cm³/mol. The second kappa shape index (κ2) is 9.70. The van der Waals surface area contributed by atoms with Crippen molar-refractivity contribution in [1.29, 1.82) is 0 Å². The van der Waals surface area contributed by atoms with Gasteiger partial charge in [-0.05, 0) is 56.1 Å². The second-order valence-corrected chi connectivity index (χ2v) is 8.27. The Bertz CT molecular complexity index is 708. The highest BCUT2D eigenvalue weighted by molar-refractivity contribution is 7.89. The molecule has 8 heteroatoms. The van der Waals surface area contributed by atoms with Gasteiger partial charge in [-0.25, -0.2) is 13.1 Å². The topological polar surface area (TPSA) is 102 Å². The molecule has 1 amide bonds. The number of carbonyl (C=O) groups is 1. The lowest BCUT2D eigenvalue weighted by Crippen LogP contribution is -2.40. The SMILES string of the molecule is CS(=O)(=O)NC(=O)/C=C/c1ccc(OCCCN2CCC(N)CC2)cc1. The number of amides is 1. The van der Waals surface area contributed by atoms with Crippen LogP contribution in [-0.4, -0.2) is 57.8 Å². The van der Waals surface area contributed by atoms with E-state index in [0.717, 1.165) is 56.5 Å². The van der Waals surface area contributed by atoms with Gasteiger partial charge in [-0.2, -0.15) is 0 Å². The van der Waals surface area contributed by atoms with E-state index in [1.54, 1.807) is 6.08 Å². The number of nitrogens with two attached hydrogens (primary N) is 1. The van der Waals surface area contributed by atoms with Crippen LogP contribution >= 0.6 is 0 Å². The summed E-state index contributed by atoms with van der Waals surface area (Å²) in [4.78, 5) is 13.8. The van der Waals surface area contributed by atoms with E-state index in [2.05, 4.69) is 4.90 Å². The Labute approximate surface area is 155 Å². The van der Waals surface area contributed by atoms with Crippen LogP contribution in [0.1, 0.15) is 24.8 Å². The average Bonchev–Trinajstić information content (AvgIpc) is 2.58. The number of nitrogens with zero attached hydrogens (tertiary/aromatic N) is 1. The van der Waals surface area contributed by atoms with E-state index in [1.165, 1.54) is 6.08 Å². The molecule has 0 aliphatic carbocycles. The molecule has 2 rings (SSSR count). The highest BCUT2D eigenvalue weighted by Crippen LogP contribution is 2.14. The molecule has 1 aliphatic rings. The molecule has 1 fully saturated rings. The highest BCUT2D eigenvalue weighted by atomic mass is 32.2. The molecule has 0 unspecified atom stereocenters. The number of hydrogen-bond donors (Lipinski definition) is 2. The molecule has 1 aliphatic heterocycles. The summed E-state index contributed by atoms with van der Waals surface area (Å²) in [5.74, 6) is 0.0925. The normalized spacial score (nSPS) is 16.7. The molecule has 7 nitrogen and oxygen atoms in total. The lowest BCUT2D eigenvalue weighted by molar-refractivity contribution is -0.114. The van der Waals surface area contributed by atoms with Crippen molar-refractivity contribution in [2.45, 2.75) is 25.3 Å². The number of nitrogens with one attached hydrogen (secondary N) is 1. The number of carbonyl (C=O) groups excluding carboxylic acids is 1. The van der Waals surface area contributed by atoms with Crippen LogP contribution in [0.25, 0.3) is 6.08 Å². The highest BCUT2D eigenvalue weighted by Gasteiger charge is 2.15. The number of benzene rings is 1. The van der Waals surface area contributed by atoms with Crippen molar-refractivity contribution in [2.24, 2.45) is 5.73 Å².